The van der Waals surface area contributed by atoms with Crippen molar-refractivity contribution in [2.45, 2.75) is 58.0 Å². The number of rotatable bonds is 5. The zero-order valence-corrected chi connectivity index (χ0v) is 13.9. The molecule has 1 aromatic rings. The molecule has 1 aliphatic heterocycles. The molecule has 1 aromatic heterocycles. The summed E-state index contributed by atoms with van der Waals surface area (Å²) in [6.45, 7) is 5.88. The van der Waals surface area contributed by atoms with Crippen LogP contribution in [0.3, 0.4) is 0 Å². The van der Waals surface area contributed by atoms with E-state index in [4.69, 9.17) is 10.8 Å². The Balaban J connectivity index is 2.26. The third-order valence-corrected chi connectivity index (χ3v) is 3.88. The van der Waals surface area contributed by atoms with Crippen molar-refractivity contribution in [3.05, 3.63) is 23.3 Å². The van der Waals surface area contributed by atoms with Crippen molar-refractivity contribution in [2.75, 3.05) is 6.54 Å². The van der Waals surface area contributed by atoms with E-state index in [9.17, 15) is 9.59 Å². The molecule has 0 aliphatic carbocycles. The van der Waals surface area contributed by atoms with Gasteiger partial charge in [-0.05, 0) is 39.7 Å². The highest BCUT2D eigenvalue weighted by Crippen LogP contribution is 2.31. The summed E-state index contributed by atoms with van der Waals surface area (Å²) in [4.78, 5) is 33.9. The lowest BCUT2D eigenvalue weighted by molar-refractivity contribution is -0.137. The van der Waals surface area contributed by atoms with Gasteiger partial charge >= 0.3 is 5.97 Å². The summed E-state index contributed by atoms with van der Waals surface area (Å²) in [6, 6.07) is 1.61. The number of hydrogen-bond donors (Lipinski definition) is 2. The van der Waals surface area contributed by atoms with Gasteiger partial charge < -0.3 is 15.7 Å². The summed E-state index contributed by atoms with van der Waals surface area (Å²) >= 11 is 0. The summed E-state index contributed by atoms with van der Waals surface area (Å²) in [5.41, 5.74) is 6.49. The molecular weight excluding hydrogens is 296 g/mol. The molecule has 126 valence electrons. The van der Waals surface area contributed by atoms with Crippen LogP contribution in [0, 0.1) is 6.92 Å². The number of aryl methyl sites for hydroxylation is 2. The van der Waals surface area contributed by atoms with Crippen LogP contribution in [0.2, 0.25) is 0 Å². The van der Waals surface area contributed by atoms with Gasteiger partial charge in [-0.25, -0.2) is 9.97 Å². The largest absolute Gasteiger partial charge is 0.481 e. The molecule has 7 heteroatoms. The topological polar surface area (TPSA) is 109 Å². The van der Waals surface area contributed by atoms with Crippen LogP contribution < -0.4 is 5.73 Å². The second kappa shape index (κ2) is 6.62. The van der Waals surface area contributed by atoms with Crippen LogP contribution in [0.25, 0.3) is 0 Å². The first kappa shape index (κ1) is 17.3. The minimum atomic E-state index is -0.932. The SMILES string of the molecule is Cc1cc(CCC(=O)O)nc(C2CCCN2C(=O)C(C)(C)N)n1. The maximum Gasteiger partial charge on any atom is 0.303 e. The number of hydrogen-bond acceptors (Lipinski definition) is 5. The van der Waals surface area contributed by atoms with Gasteiger partial charge in [-0.2, -0.15) is 0 Å². The molecule has 1 fully saturated rings. The molecule has 2 heterocycles. The van der Waals surface area contributed by atoms with Gasteiger partial charge in [-0.1, -0.05) is 0 Å². The molecule has 2 rings (SSSR count). The van der Waals surface area contributed by atoms with E-state index in [-0.39, 0.29) is 18.4 Å². The molecule has 23 heavy (non-hydrogen) atoms. The molecule has 1 aliphatic rings. The minimum absolute atomic E-state index is 0.0268. The Morgan fingerprint density at radius 2 is 2.13 bits per heavy atom. The monoisotopic (exact) mass is 320 g/mol. The predicted octanol–water partition coefficient (Wildman–Crippen LogP) is 1.20. The number of carboxylic acids is 1. The number of carboxylic acid groups (broad SMARTS) is 1. The van der Waals surface area contributed by atoms with E-state index < -0.39 is 11.5 Å². The van der Waals surface area contributed by atoms with Crippen molar-refractivity contribution in [2.24, 2.45) is 5.73 Å². The fraction of sp³-hybridized carbons (Fsp3) is 0.625. The number of amides is 1. The maximum atomic E-state index is 12.5. The van der Waals surface area contributed by atoms with Crippen molar-refractivity contribution in [1.29, 1.82) is 0 Å². The smallest absolute Gasteiger partial charge is 0.303 e. The molecule has 0 spiro atoms. The lowest BCUT2D eigenvalue weighted by atomic mass is 10.0. The van der Waals surface area contributed by atoms with Crippen LogP contribution in [0.4, 0.5) is 0 Å². The molecular formula is C16H24N4O3. The Bertz CT molecular complexity index is 610. The van der Waals surface area contributed by atoms with Crippen molar-refractivity contribution >= 4 is 11.9 Å². The fourth-order valence-corrected chi connectivity index (χ4v) is 2.82. The highest BCUT2D eigenvalue weighted by Gasteiger charge is 2.37. The van der Waals surface area contributed by atoms with Gasteiger partial charge in [0, 0.05) is 24.4 Å². The first-order chi connectivity index (χ1) is 10.7. The first-order valence-corrected chi connectivity index (χ1v) is 7.84. The molecule has 3 N–H and O–H groups in total. The third kappa shape index (κ3) is 4.25. The lowest BCUT2D eigenvalue weighted by Gasteiger charge is -2.30. The molecule has 0 saturated carbocycles. The van der Waals surface area contributed by atoms with Crippen molar-refractivity contribution in [3.63, 3.8) is 0 Å². The normalized spacial score (nSPS) is 18.3. The zero-order valence-electron chi connectivity index (χ0n) is 13.9. The van der Waals surface area contributed by atoms with Gasteiger partial charge in [0.25, 0.3) is 0 Å². The van der Waals surface area contributed by atoms with E-state index in [1.165, 1.54) is 0 Å². The highest BCUT2D eigenvalue weighted by molar-refractivity contribution is 5.85. The van der Waals surface area contributed by atoms with Gasteiger partial charge in [0.05, 0.1) is 18.0 Å². The Labute approximate surface area is 135 Å². The van der Waals surface area contributed by atoms with E-state index in [0.29, 0.717) is 24.5 Å². The van der Waals surface area contributed by atoms with Gasteiger partial charge in [-0.3, -0.25) is 9.59 Å². The summed E-state index contributed by atoms with van der Waals surface area (Å²) in [6.07, 6.45) is 2.06. The van der Waals surface area contributed by atoms with Crippen molar-refractivity contribution in [1.82, 2.24) is 14.9 Å². The number of nitrogens with two attached hydrogens (primary N) is 1. The van der Waals surface area contributed by atoms with Crippen LogP contribution >= 0.6 is 0 Å². The minimum Gasteiger partial charge on any atom is -0.481 e. The average Bonchev–Trinajstić information content (AvgIpc) is 2.91. The van der Waals surface area contributed by atoms with E-state index in [1.807, 2.05) is 6.92 Å². The summed E-state index contributed by atoms with van der Waals surface area (Å²) in [5, 5.41) is 8.82. The summed E-state index contributed by atoms with van der Waals surface area (Å²) in [5.74, 6) is -0.386. The number of carbonyl (C=O) groups excluding carboxylic acids is 1. The summed E-state index contributed by atoms with van der Waals surface area (Å²) < 4.78 is 0. The second-order valence-corrected chi connectivity index (χ2v) is 6.63. The second-order valence-electron chi connectivity index (χ2n) is 6.63. The standard InChI is InChI=1S/C16H24N4O3/c1-10-9-11(6-7-13(21)22)19-14(18-10)12-5-4-8-20(12)15(23)16(2,3)17/h9,12H,4-8,17H2,1-3H3,(H,21,22). The number of carbonyl (C=O) groups is 2. The third-order valence-electron chi connectivity index (χ3n) is 3.88. The van der Waals surface area contributed by atoms with Gasteiger partial charge in [0.15, 0.2) is 5.82 Å². The highest BCUT2D eigenvalue weighted by atomic mass is 16.4. The number of aliphatic carboxylic acids is 1. The van der Waals surface area contributed by atoms with E-state index in [0.717, 1.165) is 18.5 Å². The number of likely N-dealkylation sites (tertiary alicyclic amines) is 1. The van der Waals surface area contributed by atoms with Crippen LogP contribution in [0.5, 0.6) is 0 Å². The molecule has 7 nitrogen and oxygen atoms in total. The van der Waals surface area contributed by atoms with Crippen molar-refractivity contribution in [3.8, 4) is 0 Å². The predicted molar refractivity (Wildman–Crippen MR) is 84.7 cm³/mol. The Kier molecular flexibility index (Phi) is 4.99. The summed E-state index contributed by atoms with van der Waals surface area (Å²) in [7, 11) is 0. The maximum absolute atomic E-state index is 12.5. The molecule has 1 unspecified atom stereocenters. The molecule has 1 saturated heterocycles. The molecule has 0 aromatic carbocycles. The van der Waals surface area contributed by atoms with Gasteiger partial charge in [0.1, 0.15) is 0 Å². The van der Waals surface area contributed by atoms with Gasteiger partial charge in [-0.15, -0.1) is 0 Å². The number of nitrogens with zero attached hydrogens (tertiary/aromatic N) is 3. The molecule has 1 atom stereocenters. The quantitative estimate of drug-likeness (QED) is 0.843. The lowest BCUT2D eigenvalue weighted by Crippen LogP contribution is -2.51. The van der Waals surface area contributed by atoms with Crippen LogP contribution in [0.15, 0.2) is 6.07 Å². The van der Waals surface area contributed by atoms with Crippen LogP contribution in [0.1, 0.15) is 56.4 Å². The first-order valence-electron chi connectivity index (χ1n) is 7.84. The Hall–Kier alpha value is -2.02. The fourth-order valence-electron chi connectivity index (χ4n) is 2.82. The molecule has 0 radical (unpaired) electrons. The van der Waals surface area contributed by atoms with Gasteiger partial charge in [0.2, 0.25) is 5.91 Å². The average molecular weight is 320 g/mol. The van der Waals surface area contributed by atoms with E-state index in [1.54, 1.807) is 24.8 Å². The van der Waals surface area contributed by atoms with E-state index >= 15 is 0 Å². The molecule has 0 bridgehead atoms. The van der Waals surface area contributed by atoms with Crippen molar-refractivity contribution < 1.29 is 14.7 Å². The van der Waals surface area contributed by atoms with Crippen LogP contribution in [-0.4, -0.2) is 43.9 Å². The van der Waals surface area contributed by atoms with Crippen LogP contribution in [-0.2, 0) is 16.0 Å². The van der Waals surface area contributed by atoms with E-state index in [2.05, 4.69) is 9.97 Å². The number of aromatic nitrogens is 2. The zero-order chi connectivity index (χ0) is 17.2. The Morgan fingerprint density at radius 1 is 1.43 bits per heavy atom. The molecule has 1 amide bonds. The Morgan fingerprint density at radius 3 is 2.74 bits per heavy atom.